The number of rotatable bonds is 6. The molecule has 0 aliphatic rings. The average molecular weight is 236 g/mol. The van der Waals surface area contributed by atoms with Crippen molar-refractivity contribution < 1.29 is 4.52 Å². The highest BCUT2D eigenvalue weighted by atomic mass is 16.5. The van der Waals surface area contributed by atoms with Crippen LogP contribution >= 0.6 is 0 Å². The van der Waals surface area contributed by atoms with Gasteiger partial charge in [-0.15, -0.1) is 5.10 Å². The smallest absolute Gasteiger partial charge is 0.248 e. The highest BCUT2D eigenvalue weighted by Crippen LogP contribution is 2.03. The molecule has 0 fully saturated rings. The monoisotopic (exact) mass is 236 g/mol. The second-order valence-electron chi connectivity index (χ2n) is 3.80. The molecule has 0 atom stereocenters. The zero-order chi connectivity index (χ0) is 12.1. The largest absolute Gasteiger partial charge is 0.337 e. The number of hydrogen-bond donors (Lipinski definition) is 1. The SMILES string of the molecule is CCCc1noc(Cn2cc(CCN)nn2)n1. The maximum Gasteiger partial charge on any atom is 0.248 e. The molecule has 0 spiro atoms. The Bertz CT molecular complexity index is 421. The predicted molar refractivity (Wildman–Crippen MR) is 60.2 cm³/mol. The van der Waals surface area contributed by atoms with Crippen LogP contribution in [0.5, 0.6) is 0 Å². The molecule has 0 unspecified atom stereocenters. The first-order valence-electron chi connectivity index (χ1n) is 5.72. The van der Waals surface area contributed by atoms with Crippen molar-refractivity contribution in [3.05, 3.63) is 23.6 Å². The van der Waals surface area contributed by atoms with Crippen molar-refractivity contribution in [2.75, 3.05) is 6.54 Å². The Morgan fingerprint density at radius 2 is 2.29 bits per heavy atom. The summed E-state index contributed by atoms with van der Waals surface area (Å²) in [7, 11) is 0. The van der Waals surface area contributed by atoms with E-state index in [1.165, 1.54) is 0 Å². The van der Waals surface area contributed by atoms with E-state index in [4.69, 9.17) is 10.3 Å². The Labute approximate surface area is 99.0 Å². The van der Waals surface area contributed by atoms with Crippen LogP contribution in [0.2, 0.25) is 0 Å². The first-order chi connectivity index (χ1) is 8.31. The molecule has 0 saturated heterocycles. The van der Waals surface area contributed by atoms with Gasteiger partial charge in [-0.1, -0.05) is 17.3 Å². The number of aromatic nitrogens is 5. The molecular formula is C10H16N6O. The molecule has 0 aliphatic carbocycles. The highest BCUT2D eigenvalue weighted by molar-refractivity contribution is 4.94. The Morgan fingerprint density at radius 1 is 1.41 bits per heavy atom. The van der Waals surface area contributed by atoms with E-state index in [1.807, 2.05) is 6.20 Å². The van der Waals surface area contributed by atoms with Crippen LogP contribution in [0.3, 0.4) is 0 Å². The van der Waals surface area contributed by atoms with Crippen LogP contribution in [0, 0.1) is 0 Å². The van der Waals surface area contributed by atoms with Gasteiger partial charge in [-0.3, -0.25) is 0 Å². The van der Waals surface area contributed by atoms with Crippen LogP contribution in [0.1, 0.15) is 30.8 Å². The molecule has 0 amide bonds. The third-order valence-corrected chi connectivity index (χ3v) is 2.27. The summed E-state index contributed by atoms with van der Waals surface area (Å²) >= 11 is 0. The summed E-state index contributed by atoms with van der Waals surface area (Å²) < 4.78 is 6.79. The van der Waals surface area contributed by atoms with Crippen LogP contribution in [0.4, 0.5) is 0 Å². The van der Waals surface area contributed by atoms with Gasteiger partial charge >= 0.3 is 0 Å². The highest BCUT2D eigenvalue weighted by Gasteiger charge is 2.07. The molecule has 7 heteroatoms. The maximum absolute atomic E-state index is 5.44. The van der Waals surface area contributed by atoms with Crippen molar-refractivity contribution in [2.24, 2.45) is 5.73 Å². The molecule has 2 heterocycles. The van der Waals surface area contributed by atoms with E-state index in [1.54, 1.807) is 4.68 Å². The Morgan fingerprint density at radius 3 is 3.06 bits per heavy atom. The molecule has 0 saturated carbocycles. The topological polar surface area (TPSA) is 95.7 Å². The summed E-state index contributed by atoms with van der Waals surface area (Å²) in [4.78, 5) is 4.26. The lowest BCUT2D eigenvalue weighted by atomic mass is 10.3. The van der Waals surface area contributed by atoms with Crippen molar-refractivity contribution in [3.8, 4) is 0 Å². The minimum atomic E-state index is 0.453. The molecule has 0 aliphatic heterocycles. The van der Waals surface area contributed by atoms with E-state index in [9.17, 15) is 0 Å². The lowest BCUT2D eigenvalue weighted by Crippen LogP contribution is -2.03. The van der Waals surface area contributed by atoms with E-state index in [2.05, 4.69) is 27.4 Å². The number of hydrogen-bond acceptors (Lipinski definition) is 6. The molecule has 2 aromatic heterocycles. The van der Waals surface area contributed by atoms with E-state index in [0.717, 1.165) is 30.8 Å². The molecule has 17 heavy (non-hydrogen) atoms. The number of nitrogens with zero attached hydrogens (tertiary/aromatic N) is 5. The first kappa shape index (κ1) is 11.7. The van der Waals surface area contributed by atoms with Crippen LogP contribution in [-0.2, 0) is 19.4 Å². The van der Waals surface area contributed by atoms with Gasteiger partial charge in [-0.05, 0) is 13.0 Å². The van der Waals surface area contributed by atoms with Gasteiger partial charge in [-0.25, -0.2) is 4.68 Å². The van der Waals surface area contributed by atoms with E-state index >= 15 is 0 Å². The fourth-order valence-electron chi connectivity index (χ4n) is 1.50. The first-order valence-corrected chi connectivity index (χ1v) is 5.72. The van der Waals surface area contributed by atoms with Gasteiger partial charge in [0.1, 0.15) is 6.54 Å². The van der Waals surface area contributed by atoms with Gasteiger partial charge in [0.2, 0.25) is 5.89 Å². The number of nitrogens with two attached hydrogens (primary N) is 1. The molecule has 7 nitrogen and oxygen atoms in total. The zero-order valence-electron chi connectivity index (χ0n) is 9.83. The summed E-state index contributed by atoms with van der Waals surface area (Å²) in [5, 5.41) is 11.8. The van der Waals surface area contributed by atoms with Gasteiger partial charge < -0.3 is 10.3 Å². The summed E-state index contributed by atoms with van der Waals surface area (Å²) in [5.74, 6) is 1.29. The van der Waals surface area contributed by atoms with Crippen molar-refractivity contribution in [2.45, 2.75) is 32.7 Å². The molecule has 92 valence electrons. The van der Waals surface area contributed by atoms with Crippen molar-refractivity contribution >= 4 is 0 Å². The minimum absolute atomic E-state index is 0.453. The zero-order valence-corrected chi connectivity index (χ0v) is 9.83. The summed E-state index contributed by atoms with van der Waals surface area (Å²) in [6.07, 6.45) is 4.41. The van der Waals surface area contributed by atoms with Gasteiger partial charge in [-0.2, -0.15) is 4.98 Å². The van der Waals surface area contributed by atoms with Crippen LogP contribution < -0.4 is 5.73 Å². The fraction of sp³-hybridized carbons (Fsp3) is 0.600. The lowest BCUT2D eigenvalue weighted by Gasteiger charge is -1.92. The average Bonchev–Trinajstić information content (AvgIpc) is 2.91. The van der Waals surface area contributed by atoms with Crippen LogP contribution in [-0.4, -0.2) is 31.7 Å². The summed E-state index contributed by atoms with van der Waals surface area (Å²) in [5.41, 5.74) is 6.32. The fourth-order valence-corrected chi connectivity index (χ4v) is 1.50. The third kappa shape index (κ3) is 3.10. The molecule has 2 rings (SSSR count). The van der Waals surface area contributed by atoms with Crippen molar-refractivity contribution in [3.63, 3.8) is 0 Å². The van der Waals surface area contributed by atoms with Crippen molar-refractivity contribution in [1.82, 2.24) is 25.1 Å². The molecule has 2 aromatic rings. The molecular weight excluding hydrogens is 220 g/mol. The Hall–Kier alpha value is -1.76. The van der Waals surface area contributed by atoms with Gasteiger partial charge in [0.25, 0.3) is 0 Å². The second-order valence-corrected chi connectivity index (χ2v) is 3.80. The molecule has 0 bridgehead atoms. The van der Waals surface area contributed by atoms with Crippen molar-refractivity contribution in [1.29, 1.82) is 0 Å². The second kappa shape index (κ2) is 5.53. The normalized spacial score (nSPS) is 10.9. The maximum atomic E-state index is 5.44. The quantitative estimate of drug-likeness (QED) is 0.767. The summed E-state index contributed by atoms with van der Waals surface area (Å²) in [6.45, 7) is 3.10. The van der Waals surface area contributed by atoms with E-state index in [-0.39, 0.29) is 0 Å². The molecule has 0 aromatic carbocycles. The van der Waals surface area contributed by atoms with E-state index < -0.39 is 0 Å². The standard InChI is InChI=1S/C10H16N6O/c1-2-3-9-12-10(17-14-9)7-16-6-8(4-5-11)13-15-16/h6H,2-5,7,11H2,1H3. The third-order valence-electron chi connectivity index (χ3n) is 2.27. The Balaban J connectivity index is 1.98. The number of aryl methyl sites for hydroxylation is 1. The summed E-state index contributed by atoms with van der Waals surface area (Å²) in [6, 6.07) is 0. The Kier molecular flexibility index (Phi) is 3.81. The van der Waals surface area contributed by atoms with Crippen LogP contribution in [0.15, 0.2) is 10.7 Å². The van der Waals surface area contributed by atoms with Gasteiger partial charge in [0.05, 0.1) is 5.69 Å². The minimum Gasteiger partial charge on any atom is -0.337 e. The van der Waals surface area contributed by atoms with Gasteiger partial charge in [0, 0.05) is 19.0 Å². The molecule has 0 radical (unpaired) electrons. The van der Waals surface area contributed by atoms with Crippen LogP contribution in [0.25, 0.3) is 0 Å². The predicted octanol–water partition coefficient (Wildman–Crippen LogP) is 0.163. The van der Waals surface area contributed by atoms with Gasteiger partial charge in [0.15, 0.2) is 5.82 Å². The molecule has 2 N–H and O–H groups in total. The van der Waals surface area contributed by atoms with E-state index in [0.29, 0.717) is 19.0 Å². The lowest BCUT2D eigenvalue weighted by molar-refractivity contribution is 0.359.